The minimum atomic E-state index is -0.465. The molecule has 0 N–H and O–H groups in total. The molecule has 9 aromatic carbocycles. The zero-order chi connectivity index (χ0) is 37.0. The molecule has 0 aliphatic rings. The Bertz CT molecular complexity index is 3170. The van der Waals surface area contributed by atoms with Crippen molar-refractivity contribution in [1.29, 1.82) is 0 Å². The van der Waals surface area contributed by atoms with Gasteiger partial charge in [-0.2, -0.15) is 0 Å². The Kier molecular flexibility index (Phi) is 4.34. The van der Waals surface area contributed by atoms with Crippen molar-refractivity contribution in [3.05, 3.63) is 170 Å². The van der Waals surface area contributed by atoms with Crippen LogP contribution >= 0.6 is 0 Å². The summed E-state index contributed by atoms with van der Waals surface area (Å²) in [4.78, 5) is 0. The van der Waals surface area contributed by atoms with Crippen LogP contribution in [0.1, 0.15) is 9.60 Å². The van der Waals surface area contributed by atoms with E-state index in [9.17, 15) is 0 Å². The Morgan fingerprint density at radius 3 is 1.74 bits per heavy atom. The molecule has 1 nitrogen and oxygen atoms in total. The molecule has 0 aliphatic heterocycles. The van der Waals surface area contributed by atoms with Gasteiger partial charge in [0, 0.05) is 10.8 Å². The molecule has 10 aromatic rings. The van der Waals surface area contributed by atoms with Gasteiger partial charge in [-0.05, 0) is 94.7 Å². The first kappa shape index (κ1) is 20.0. The number of fused-ring (bicyclic) bond motifs is 7. The summed E-state index contributed by atoms with van der Waals surface area (Å²) in [5.74, 6) is 0. The standard InChI is InChI=1S/C46H28O/c1-2-13-33-28-43-41(27-32(33)12-1)46-40(21-10-22-42(46)47-43)45-38-18-7-5-16-36(38)44(37-17-6-8-19-39(37)45)31-25-23-30(24-26-31)35-20-9-14-29-11-3-4-15-34(29)35/h1-28H/i3D,4D,9D,11D,14D,15D,20D. The minimum Gasteiger partial charge on any atom is -0.456 e. The van der Waals surface area contributed by atoms with E-state index in [1.165, 1.54) is 0 Å². The lowest BCUT2D eigenvalue weighted by Gasteiger charge is -2.18. The first-order valence-corrected chi connectivity index (χ1v) is 15.6. The largest absolute Gasteiger partial charge is 0.456 e. The van der Waals surface area contributed by atoms with Crippen molar-refractivity contribution in [3.8, 4) is 33.4 Å². The van der Waals surface area contributed by atoms with Crippen molar-refractivity contribution < 1.29 is 14.0 Å². The molecule has 0 radical (unpaired) electrons. The maximum Gasteiger partial charge on any atom is 0.136 e. The molecule has 1 aromatic heterocycles. The van der Waals surface area contributed by atoms with Crippen LogP contribution in [0, 0.1) is 0 Å². The number of hydrogen-bond acceptors (Lipinski definition) is 1. The lowest BCUT2D eigenvalue weighted by atomic mass is 9.84. The Morgan fingerprint density at radius 2 is 1.00 bits per heavy atom. The van der Waals surface area contributed by atoms with E-state index in [1.54, 1.807) is 0 Å². The van der Waals surface area contributed by atoms with E-state index in [4.69, 9.17) is 14.0 Å². The summed E-state index contributed by atoms with van der Waals surface area (Å²) >= 11 is 0. The van der Waals surface area contributed by atoms with Gasteiger partial charge < -0.3 is 4.42 Å². The maximum atomic E-state index is 8.85. The minimum absolute atomic E-state index is 0.0535. The monoisotopic (exact) mass is 603 g/mol. The summed E-state index contributed by atoms with van der Waals surface area (Å²) in [6, 6.07) is 40.7. The molecule has 0 amide bonds. The smallest absolute Gasteiger partial charge is 0.136 e. The zero-order valence-electron chi connectivity index (χ0n) is 32.0. The van der Waals surface area contributed by atoms with Crippen LogP contribution in [0.2, 0.25) is 0 Å². The summed E-state index contributed by atoms with van der Waals surface area (Å²) in [5, 5.41) is 8.71. The van der Waals surface area contributed by atoms with Gasteiger partial charge in [0.05, 0.1) is 9.60 Å². The van der Waals surface area contributed by atoms with Crippen LogP contribution in [0.5, 0.6) is 0 Å². The third-order valence-corrected chi connectivity index (χ3v) is 9.34. The van der Waals surface area contributed by atoms with Gasteiger partial charge in [0.15, 0.2) is 0 Å². The van der Waals surface area contributed by atoms with E-state index >= 15 is 0 Å². The van der Waals surface area contributed by atoms with Crippen LogP contribution in [0.25, 0.3) is 98.4 Å². The molecular formula is C46H28O. The van der Waals surface area contributed by atoms with Gasteiger partial charge in [-0.3, -0.25) is 0 Å². The Morgan fingerprint density at radius 1 is 0.383 bits per heavy atom. The molecule has 0 saturated heterocycles. The second-order valence-corrected chi connectivity index (χ2v) is 11.9. The Labute approximate surface area is 281 Å². The van der Waals surface area contributed by atoms with Crippen molar-refractivity contribution in [2.24, 2.45) is 0 Å². The summed E-state index contributed by atoms with van der Waals surface area (Å²) < 4.78 is 66.2. The lowest BCUT2D eigenvalue weighted by molar-refractivity contribution is 0.669. The lowest BCUT2D eigenvalue weighted by Crippen LogP contribution is -1.91. The van der Waals surface area contributed by atoms with E-state index in [0.717, 1.165) is 76.5 Å². The molecule has 1 heteroatoms. The summed E-state index contributed by atoms with van der Waals surface area (Å²) in [6.07, 6.45) is 0. The predicted octanol–water partition coefficient (Wildman–Crippen LogP) is 13.2. The Balaban J connectivity index is 1.22. The van der Waals surface area contributed by atoms with Crippen molar-refractivity contribution in [2.45, 2.75) is 0 Å². The van der Waals surface area contributed by atoms with Crippen LogP contribution in [0.3, 0.4) is 0 Å². The molecule has 0 atom stereocenters. The zero-order valence-corrected chi connectivity index (χ0v) is 25.0. The van der Waals surface area contributed by atoms with Gasteiger partial charge in [-0.15, -0.1) is 0 Å². The van der Waals surface area contributed by atoms with Crippen LogP contribution < -0.4 is 0 Å². The fraction of sp³-hybridized carbons (Fsp3) is 0. The number of furan rings is 1. The second kappa shape index (κ2) is 10.2. The second-order valence-electron chi connectivity index (χ2n) is 11.9. The molecule has 0 aliphatic carbocycles. The molecule has 0 spiro atoms. The van der Waals surface area contributed by atoms with Crippen LogP contribution in [-0.4, -0.2) is 0 Å². The van der Waals surface area contributed by atoms with E-state index in [1.807, 2.05) is 48.5 Å². The quantitative estimate of drug-likeness (QED) is 0.183. The molecule has 0 unspecified atom stereocenters. The highest BCUT2D eigenvalue weighted by Crippen LogP contribution is 2.47. The molecule has 10 rings (SSSR count). The molecule has 0 fully saturated rings. The van der Waals surface area contributed by atoms with Crippen LogP contribution in [0.4, 0.5) is 0 Å². The van der Waals surface area contributed by atoms with Crippen molar-refractivity contribution >= 4 is 65.0 Å². The molecule has 0 bridgehead atoms. The molecule has 218 valence electrons. The fourth-order valence-electron chi connectivity index (χ4n) is 7.28. The van der Waals surface area contributed by atoms with E-state index in [2.05, 4.69) is 78.9 Å². The summed E-state index contributed by atoms with van der Waals surface area (Å²) in [5.41, 5.74) is 6.57. The highest BCUT2D eigenvalue weighted by Gasteiger charge is 2.20. The maximum absolute atomic E-state index is 8.85. The SMILES string of the molecule is [2H]c1c([2H])c([2H])c2c(-c3ccc(-c4c5ccccc5c(-c5cccc6oc7cc8ccccc8cc7c56)c5ccccc45)cc3)c([2H])c([2H])c([2H])c2c1[2H]. The van der Waals surface area contributed by atoms with Crippen LogP contribution in [-0.2, 0) is 0 Å². The first-order valence-electron chi connectivity index (χ1n) is 19.1. The third kappa shape index (κ3) is 3.97. The molecular weight excluding hydrogens is 569 g/mol. The van der Waals surface area contributed by atoms with Crippen molar-refractivity contribution in [3.63, 3.8) is 0 Å². The fourth-order valence-corrected chi connectivity index (χ4v) is 7.28. The van der Waals surface area contributed by atoms with Crippen molar-refractivity contribution in [1.82, 2.24) is 0 Å². The molecule has 1 heterocycles. The van der Waals surface area contributed by atoms with Gasteiger partial charge in [0.1, 0.15) is 11.2 Å². The number of benzene rings is 9. The van der Waals surface area contributed by atoms with Gasteiger partial charge in [-0.1, -0.05) is 151 Å². The molecule has 47 heavy (non-hydrogen) atoms. The van der Waals surface area contributed by atoms with Gasteiger partial charge in [0.2, 0.25) is 0 Å². The van der Waals surface area contributed by atoms with E-state index in [-0.39, 0.29) is 46.5 Å². The topological polar surface area (TPSA) is 13.1 Å². The average molecular weight is 604 g/mol. The third-order valence-electron chi connectivity index (χ3n) is 9.34. The Hall–Kier alpha value is -6.18. The van der Waals surface area contributed by atoms with E-state index in [0.29, 0.717) is 5.56 Å². The van der Waals surface area contributed by atoms with E-state index < -0.39 is 12.1 Å². The van der Waals surface area contributed by atoms with Crippen LogP contribution in [0.15, 0.2) is 174 Å². The molecule has 0 saturated carbocycles. The summed E-state index contributed by atoms with van der Waals surface area (Å²) in [7, 11) is 0. The van der Waals surface area contributed by atoms with Gasteiger partial charge >= 0.3 is 0 Å². The van der Waals surface area contributed by atoms with Gasteiger partial charge in [-0.25, -0.2) is 0 Å². The van der Waals surface area contributed by atoms with Crippen molar-refractivity contribution in [2.75, 3.05) is 0 Å². The predicted molar refractivity (Wildman–Crippen MR) is 200 cm³/mol. The highest BCUT2D eigenvalue weighted by molar-refractivity contribution is 6.26. The number of hydrogen-bond donors (Lipinski definition) is 0. The number of rotatable bonds is 3. The highest BCUT2D eigenvalue weighted by atomic mass is 16.3. The van der Waals surface area contributed by atoms with Gasteiger partial charge in [0.25, 0.3) is 0 Å². The normalized spacial score (nSPS) is 13.9. The average Bonchev–Trinajstić information content (AvgIpc) is 3.57. The summed E-state index contributed by atoms with van der Waals surface area (Å²) in [6.45, 7) is 0. The first-order chi connectivity index (χ1) is 26.2.